The fourth-order valence-electron chi connectivity index (χ4n) is 2.42. The molecule has 118 valence electrons. The van der Waals surface area contributed by atoms with Crippen LogP contribution in [0.3, 0.4) is 0 Å². The predicted octanol–water partition coefficient (Wildman–Crippen LogP) is 3.65. The summed E-state index contributed by atoms with van der Waals surface area (Å²) in [6.45, 7) is 1.24. The minimum Gasteiger partial charge on any atom is -0.351 e. The van der Waals surface area contributed by atoms with Gasteiger partial charge in [-0.15, -0.1) is 0 Å². The summed E-state index contributed by atoms with van der Waals surface area (Å²) in [5.74, 6) is 0.231. The predicted molar refractivity (Wildman–Crippen MR) is 89.2 cm³/mol. The van der Waals surface area contributed by atoms with Crippen molar-refractivity contribution in [2.24, 2.45) is 0 Å². The molecule has 0 aliphatic carbocycles. The summed E-state index contributed by atoms with van der Waals surface area (Å²) in [7, 11) is 0. The number of anilines is 2. The Kier molecular flexibility index (Phi) is 4.57. The Balaban J connectivity index is 1.65. The first kappa shape index (κ1) is 15.5. The van der Waals surface area contributed by atoms with Crippen LogP contribution in [0, 0.1) is 5.82 Å². The first-order valence-corrected chi connectivity index (χ1v) is 7.63. The molecule has 1 aromatic heterocycles. The number of nitrogens with zero attached hydrogens (tertiary/aromatic N) is 2. The minimum atomic E-state index is -0.331. The third-order valence-electron chi connectivity index (χ3n) is 3.64. The van der Waals surface area contributed by atoms with E-state index in [-0.39, 0.29) is 11.7 Å². The van der Waals surface area contributed by atoms with Gasteiger partial charge in [-0.05, 0) is 42.8 Å². The van der Waals surface area contributed by atoms with Gasteiger partial charge < -0.3 is 10.2 Å². The first-order valence-electron chi connectivity index (χ1n) is 7.25. The van der Waals surface area contributed by atoms with Gasteiger partial charge >= 0.3 is 0 Å². The van der Waals surface area contributed by atoms with Crippen LogP contribution in [0.25, 0.3) is 0 Å². The fraction of sp³-hybridized carbons (Fsp3) is 0.176. The Bertz CT molecular complexity index is 746. The quantitative estimate of drug-likeness (QED) is 0.933. The lowest BCUT2D eigenvalue weighted by atomic mass is 10.1. The van der Waals surface area contributed by atoms with Crippen molar-refractivity contribution in [2.45, 2.75) is 6.42 Å². The lowest BCUT2D eigenvalue weighted by Gasteiger charge is -2.27. The fourth-order valence-corrected chi connectivity index (χ4v) is 2.66. The Hall–Kier alpha value is -2.40. The summed E-state index contributed by atoms with van der Waals surface area (Å²) in [6, 6.07) is 9.29. The molecule has 0 saturated carbocycles. The summed E-state index contributed by atoms with van der Waals surface area (Å²) >= 11 is 6.14. The van der Waals surface area contributed by atoms with Crippen molar-refractivity contribution >= 4 is 29.0 Å². The average Bonchev–Trinajstić information content (AvgIpc) is 2.57. The van der Waals surface area contributed by atoms with Crippen LogP contribution in [0.5, 0.6) is 0 Å². The smallest absolute Gasteiger partial charge is 0.251 e. The Morgan fingerprint density at radius 1 is 1.26 bits per heavy atom. The molecule has 1 aromatic carbocycles. The summed E-state index contributed by atoms with van der Waals surface area (Å²) in [5, 5.41) is 3.37. The topological polar surface area (TPSA) is 45.2 Å². The van der Waals surface area contributed by atoms with Crippen LogP contribution in [0.15, 0.2) is 54.2 Å². The maximum atomic E-state index is 12.9. The molecule has 1 amide bonds. The van der Waals surface area contributed by atoms with E-state index in [0.29, 0.717) is 35.8 Å². The minimum absolute atomic E-state index is 0.164. The molecule has 0 unspecified atom stereocenters. The standard InChI is InChI=1S/C17H15ClFN3O/c18-15-2-1-9-20-16(15)22-10-7-12(8-11-22)17(23)21-14-5-3-13(19)4-6-14/h1-7,9H,8,10-11H2,(H,21,23). The Morgan fingerprint density at radius 2 is 2.04 bits per heavy atom. The average molecular weight is 332 g/mol. The van der Waals surface area contributed by atoms with Gasteiger partial charge in [-0.1, -0.05) is 17.7 Å². The van der Waals surface area contributed by atoms with Gasteiger partial charge in [0.15, 0.2) is 0 Å². The zero-order valence-corrected chi connectivity index (χ0v) is 13.1. The molecule has 3 rings (SSSR count). The molecular formula is C17H15ClFN3O. The third-order valence-corrected chi connectivity index (χ3v) is 3.94. The molecule has 2 heterocycles. The molecule has 0 atom stereocenters. The highest BCUT2D eigenvalue weighted by atomic mass is 35.5. The SMILES string of the molecule is O=C(Nc1ccc(F)cc1)C1=CCN(c2ncccc2Cl)CC1. The van der Waals surface area contributed by atoms with Crippen LogP contribution in [0.1, 0.15) is 6.42 Å². The van der Waals surface area contributed by atoms with E-state index in [2.05, 4.69) is 10.3 Å². The third kappa shape index (κ3) is 3.68. The zero-order chi connectivity index (χ0) is 16.2. The molecule has 23 heavy (non-hydrogen) atoms. The van der Waals surface area contributed by atoms with E-state index in [1.165, 1.54) is 24.3 Å². The van der Waals surface area contributed by atoms with Crippen molar-refractivity contribution < 1.29 is 9.18 Å². The van der Waals surface area contributed by atoms with Crippen LogP contribution >= 0.6 is 11.6 Å². The van der Waals surface area contributed by atoms with Crippen molar-refractivity contribution in [1.29, 1.82) is 0 Å². The van der Waals surface area contributed by atoms with Crippen molar-refractivity contribution in [2.75, 3.05) is 23.3 Å². The summed E-state index contributed by atoms with van der Waals surface area (Å²) in [5.41, 5.74) is 1.28. The van der Waals surface area contributed by atoms with Gasteiger partial charge in [0.2, 0.25) is 0 Å². The van der Waals surface area contributed by atoms with Gasteiger partial charge in [-0.25, -0.2) is 9.37 Å². The molecule has 4 nitrogen and oxygen atoms in total. The molecule has 1 aliphatic rings. The van der Waals surface area contributed by atoms with E-state index in [9.17, 15) is 9.18 Å². The van der Waals surface area contributed by atoms with E-state index in [1.807, 2.05) is 11.0 Å². The number of benzene rings is 1. The normalized spacial score (nSPS) is 14.3. The highest BCUT2D eigenvalue weighted by Crippen LogP contribution is 2.25. The number of pyridine rings is 1. The van der Waals surface area contributed by atoms with E-state index in [4.69, 9.17) is 11.6 Å². The van der Waals surface area contributed by atoms with Gasteiger partial charge in [0.1, 0.15) is 11.6 Å². The van der Waals surface area contributed by atoms with E-state index >= 15 is 0 Å². The van der Waals surface area contributed by atoms with Crippen LogP contribution in [0.4, 0.5) is 15.9 Å². The van der Waals surface area contributed by atoms with Crippen molar-refractivity contribution in [3.05, 3.63) is 65.1 Å². The Labute approximate surface area is 138 Å². The van der Waals surface area contributed by atoms with Gasteiger partial charge in [0.05, 0.1) is 5.02 Å². The molecule has 1 N–H and O–H groups in total. The number of hydrogen-bond donors (Lipinski definition) is 1. The van der Waals surface area contributed by atoms with Gasteiger partial charge in [0, 0.05) is 30.5 Å². The Morgan fingerprint density at radius 3 is 2.70 bits per heavy atom. The number of hydrogen-bond acceptors (Lipinski definition) is 3. The van der Waals surface area contributed by atoms with Crippen LogP contribution in [0.2, 0.25) is 5.02 Å². The highest BCUT2D eigenvalue weighted by molar-refractivity contribution is 6.32. The van der Waals surface area contributed by atoms with E-state index in [0.717, 1.165) is 5.82 Å². The molecule has 0 fully saturated rings. The number of amides is 1. The number of carbonyl (C=O) groups is 1. The van der Waals surface area contributed by atoms with Crippen LogP contribution < -0.4 is 10.2 Å². The second-order valence-electron chi connectivity index (χ2n) is 5.20. The summed E-state index contributed by atoms with van der Waals surface area (Å²) in [6.07, 6.45) is 4.16. The number of rotatable bonds is 3. The largest absolute Gasteiger partial charge is 0.351 e. The van der Waals surface area contributed by atoms with Crippen molar-refractivity contribution in [3.63, 3.8) is 0 Å². The molecular weight excluding hydrogens is 317 g/mol. The molecule has 0 saturated heterocycles. The molecule has 0 radical (unpaired) electrons. The maximum absolute atomic E-state index is 12.9. The highest BCUT2D eigenvalue weighted by Gasteiger charge is 2.19. The monoisotopic (exact) mass is 331 g/mol. The number of aromatic nitrogens is 1. The van der Waals surface area contributed by atoms with E-state index < -0.39 is 0 Å². The molecule has 6 heteroatoms. The molecule has 1 aliphatic heterocycles. The molecule has 0 bridgehead atoms. The van der Waals surface area contributed by atoms with Gasteiger partial charge in [-0.2, -0.15) is 0 Å². The van der Waals surface area contributed by atoms with Crippen molar-refractivity contribution in [1.82, 2.24) is 4.98 Å². The second kappa shape index (κ2) is 6.79. The van der Waals surface area contributed by atoms with Gasteiger partial charge in [0.25, 0.3) is 5.91 Å². The number of carbonyl (C=O) groups excluding carboxylic acids is 1. The second-order valence-corrected chi connectivity index (χ2v) is 5.60. The lowest BCUT2D eigenvalue weighted by Crippen LogP contribution is -2.32. The van der Waals surface area contributed by atoms with Crippen molar-refractivity contribution in [3.8, 4) is 0 Å². The molecule has 0 spiro atoms. The molecule has 2 aromatic rings. The maximum Gasteiger partial charge on any atom is 0.251 e. The zero-order valence-electron chi connectivity index (χ0n) is 12.3. The van der Waals surface area contributed by atoms with Crippen LogP contribution in [-0.2, 0) is 4.79 Å². The van der Waals surface area contributed by atoms with Gasteiger partial charge in [-0.3, -0.25) is 4.79 Å². The van der Waals surface area contributed by atoms with E-state index in [1.54, 1.807) is 18.3 Å². The lowest BCUT2D eigenvalue weighted by molar-refractivity contribution is -0.113. The number of halogens is 2. The summed E-state index contributed by atoms with van der Waals surface area (Å²) in [4.78, 5) is 18.5. The number of nitrogens with one attached hydrogen (secondary N) is 1. The van der Waals surface area contributed by atoms with Crippen LogP contribution in [-0.4, -0.2) is 24.0 Å². The first-order chi connectivity index (χ1) is 11.1. The summed E-state index contributed by atoms with van der Waals surface area (Å²) < 4.78 is 12.9.